The zero-order valence-electron chi connectivity index (χ0n) is 13.2. The van der Waals surface area contributed by atoms with E-state index in [1.807, 2.05) is 0 Å². The van der Waals surface area contributed by atoms with E-state index in [0.29, 0.717) is 12.2 Å². The summed E-state index contributed by atoms with van der Waals surface area (Å²) < 4.78 is 22.7. The molecule has 0 spiro atoms. The van der Waals surface area contributed by atoms with Gasteiger partial charge in [-0.15, -0.1) is 0 Å². The van der Waals surface area contributed by atoms with Crippen molar-refractivity contribution in [3.8, 4) is 0 Å². The van der Waals surface area contributed by atoms with Crippen molar-refractivity contribution in [2.24, 2.45) is 0 Å². The zero-order chi connectivity index (χ0) is 16.9. The standard InChI is InChI=1S/C15H23N3O4S/c1-23(21,22)14-6-4-12(5-7-14)17-15(20)16-10-13(19)11-18-8-2-3-9-18/h4-7,13,19H,2-3,8-11H2,1H3,(H2,16,17,20)/t13-/m1/s1. The number of benzene rings is 1. The number of β-amino-alcohol motifs (C(OH)–C–C–N with tert-alkyl or cyclic N) is 1. The molecule has 0 aromatic heterocycles. The predicted molar refractivity (Wildman–Crippen MR) is 88.3 cm³/mol. The second-order valence-electron chi connectivity index (χ2n) is 5.79. The summed E-state index contributed by atoms with van der Waals surface area (Å²) in [6.45, 7) is 2.72. The number of rotatable bonds is 6. The second kappa shape index (κ2) is 7.76. The minimum Gasteiger partial charge on any atom is -0.390 e. The maximum absolute atomic E-state index is 11.8. The van der Waals surface area contributed by atoms with Gasteiger partial charge in [-0.1, -0.05) is 0 Å². The number of likely N-dealkylation sites (tertiary alicyclic amines) is 1. The molecule has 1 aromatic carbocycles. The van der Waals surface area contributed by atoms with E-state index >= 15 is 0 Å². The Kier molecular flexibility index (Phi) is 5.97. The number of nitrogens with one attached hydrogen (secondary N) is 2. The molecular formula is C15H23N3O4S. The molecule has 0 bridgehead atoms. The zero-order valence-corrected chi connectivity index (χ0v) is 14.0. The third-order valence-corrected chi connectivity index (χ3v) is 4.83. The van der Waals surface area contributed by atoms with Crippen LogP contribution in [0.1, 0.15) is 12.8 Å². The fraction of sp³-hybridized carbons (Fsp3) is 0.533. The van der Waals surface area contributed by atoms with E-state index in [9.17, 15) is 18.3 Å². The highest BCUT2D eigenvalue weighted by Gasteiger charge is 2.16. The highest BCUT2D eigenvalue weighted by Crippen LogP contribution is 2.13. The van der Waals surface area contributed by atoms with E-state index in [-0.39, 0.29) is 11.4 Å². The van der Waals surface area contributed by atoms with Crippen molar-refractivity contribution in [1.82, 2.24) is 10.2 Å². The van der Waals surface area contributed by atoms with Crippen molar-refractivity contribution in [2.45, 2.75) is 23.8 Å². The van der Waals surface area contributed by atoms with E-state index in [2.05, 4.69) is 15.5 Å². The topological polar surface area (TPSA) is 98.7 Å². The number of nitrogens with zero attached hydrogens (tertiary/aromatic N) is 1. The summed E-state index contributed by atoms with van der Waals surface area (Å²) in [4.78, 5) is 14.1. The van der Waals surface area contributed by atoms with Crippen LogP contribution >= 0.6 is 0 Å². The van der Waals surface area contributed by atoms with Crippen molar-refractivity contribution in [1.29, 1.82) is 0 Å². The lowest BCUT2D eigenvalue weighted by Gasteiger charge is -2.19. The molecule has 2 rings (SSSR count). The molecule has 3 N–H and O–H groups in total. The summed E-state index contributed by atoms with van der Waals surface area (Å²) in [5, 5.41) is 15.1. The molecule has 128 valence electrons. The molecule has 1 aromatic rings. The first-order valence-electron chi connectivity index (χ1n) is 7.60. The van der Waals surface area contributed by atoms with E-state index < -0.39 is 22.0 Å². The lowest BCUT2D eigenvalue weighted by Crippen LogP contribution is -2.40. The van der Waals surface area contributed by atoms with Gasteiger partial charge >= 0.3 is 6.03 Å². The van der Waals surface area contributed by atoms with Crippen LogP contribution in [0, 0.1) is 0 Å². The third-order valence-electron chi connectivity index (χ3n) is 3.71. The maximum Gasteiger partial charge on any atom is 0.319 e. The number of aliphatic hydroxyl groups is 1. The minimum atomic E-state index is -3.25. The minimum absolute atomic E-state index is 0.170. The fourth-order valence-electron chi connectivity index (χ4n) is 2.50. The monoisotopic (exact) mass is 341 g/mol. The van der Waals surface area contributed by atoms with Crippen molar-refractivity contribution in [3.05, 3.63) is 24.3 Å². The molecule has 0 unspecified atom stereocenters. The highest BCUT2D eigenvalue weighted by molar-refractivity contribution is 7.90. The van der Waals surface area contributed by atoms with Crippen LogP contribution in [0.3, 0.4) is 0 Å². The van der Waals surface area contributed by atoms with Crippen LogP contribution in [-0.4, -0.2) is 63.0 Å². The van der Waals surface area contributed by atoms with Gasteiger partial charge in [0.2, 0.25) is 0 Å². The Morgan fingerprint density at radius 3 is 2.43 bits per heavy atom. The van der Waals surface area contributed by atoms with Crippen LogP contribution < -0.4 is 10.6 Å². The van der Waals surface area contributed by atoms with Gasteiger partial charge in [-0.05, 0) is 50.2 Å². The quantitative estimate of drug-likeness (QED) is 0.706. The van der Waals surface area contributed by atoms with Crippen LogP contribution in [0.4, 0.5) is 10.5 Å². The summed E-state index contributed by atoms with van der Waals surface area (Å²) in [5.41, 5.74) is 0.490. The van der Waals surface area contributed by atoms with Gasteiger partial charge in [0.25, 0.3) is 0 Å². The Bertz CT molecular complexity index is 625. The number of anilines is 1. The number of carbonyl (C=O) groups excluding carboxylic acids is 1. The average molecular weight is 341 g/mol. The summed E-state index contributed by atoms with van der Waals surface area (Å²) in [6.07, 6.45) is 2.84. The number of aliphatic hydroxyl groups excluding tert-OH is 1. The molecule has 7 nitrogen and oxygen atoms in total. The van der Waals surface area contributed by atoms with Crippen LogP contribution in [-0.2, 0) is 9.84 Å². The molecule has 2 amide bonds. The number of hydrogen-bond acceptors (Lipinski definition) is 5. The number of hydrogen-bond donors (Lipinski definition) is 3. The van der Waals surface area contributed by atoms with Gasteiger partial charge in [-0.2, -0.15) is 0 Å². The third kappa shape index (κ3) is 5.81. The van der Waals surface area contributed by atoms with Crippen molar-refractivity contribution in [2.75, 3.05) is 37.8 Å². The first kappa shape index (κ1) is 17.7. The molecular weight excluding hydrogens is 318 g/mol. The fourth-order valence-corrected chi connectivity index (χ4v) is 3.13. The largest absolute Gasteiger partial charge is 0.390 e. The predicted octanol–water partition coefficient (Wildman–Crippen LogP) is 0.668. The van der Waals surface area contributed by atoms with Crippen molar-refractivity contribution < 1.29 is 18.3 Å². The molecule has 1 saturated heterocycles. The average Bonchev–Trinajstić information content (AvgIpc) is 2.98. The van der Waals surface area contributed by atoms with Gasteiger partial charge in [-0.3, -0.25) is 0 Å². The molecule has 1 aliphatic heterocycles. The Labute approximate surface area is 136 Å². The first-order valence-corrected chi connectivity index (χ1v) is 9.49. The van der Waals surface area contributed by atoms with Crippen LogP contribution in [0.5, 0.6) is 0 Å². The normalized spacial score (nSPS) is 17.0. The molecule has 23 heavy (non-hydrogen) atoms. The van der Waals surface area contributed by atoms with Gasteiger partial charge in [0, 0.05) is 25.0 Å². The van der Waals surface area contributed by atoms with Crippen LogP contribution in [0.25, 0.3) is 0 Å². The van der Waals surface area contributed by atoms with Gasteiger partial charge < -0.3 is 20.6 Å². The molecule has 1 aliphatic rings. The molecule has 8 heteroatoms. The number of sulfone groups is 1. The molecule has 0 radical (unpaired) electrons. The van der Waals surface area contributed by atoms with Gasteiger partial charge in [0.1, 0.15) is 0 Å². The SMILES string of the molecule is CS(=O)(=O)c1ccc(NC(=O)NC[C@@H](O)CN2CCCC2)cc1. The molecule has 1 fully saturated rings. The number of amides is 2. The summed E-state index contributed by atoms with van der Waals surface area (Å²) in [7, 11) is -3.25. The first-order chi connectivity index (χ1) is 10.8. The molecule has 0 saturated carbocycles. The molecule has 0 aliphatic carbocycles. The van der Waals surface area contributed by atoms with E-state index in [1.54, 1.807) is 0 Å². The summed E-state index contributed by atoms with van der Waals surface area (Å²) >= 11 is 0. The Morgan fingerprint density at radius 2 is 1.87 bits per heavy atom. The van der Waals surface area contributed by atoms with Gasteiger partial charge in [-0.25, -0.2) is 13.2 Å². The van der Waals surface area contributed by atoms with E-state index in [1.165, 1.54) is 24.3 Å². The Hall–Kier alpha value is -1.64. The van der Waals surface area contributed by atoms with Crippen LogP contribution in [0.2, 0.25) is 0 Å². The van der Waals surface area contributed by atoms with Gasteiger partial charge in [0.15, 0.2) is 9.84 Å². The Morgan fingerprint density at radius 1 is 1.26 bits per heavy atom. The summed E-state index contributed by atoms with van der Waals surface area (Å²) in [5.74, 6) is 0. The second-order valence-corrected chi connectivity index (χ2v) is 7.81. The lowest BCUT2D eigenvalue weighted by atomic mass is 10.3. The van der Waals surface area contributed by atoms with E-state index in [0.717, 1.165) is 32.2 Å². The van der Waals surface area contributed by atoms with Crippen molar-refractivity contribution in [3.63, 3.8) is 0 Å². The number of carbonyl (C=O) groups is 1. The maximum atomic E-state index is 11.8. The van der Waals surface area contributed by atoms with Crippen LogP contribution in [0.15, 0.2) is 29.2 Å². The summed E-state index contributed by atoms with van der Waals surface area (Å²) in [6, 6.07) is 5.49. The number of urea groups is 1. The van der Waals surface area contributed by atoms with E-state index in [4.69, 9.17) is 0 Å². The Balaban J connectivity index is 1.75. The lowest BCUT2D eigenvalue weighted by molar-refractivity contribution is 0.125. The molecule has 1 atom stereocenters. The highest BCUT2D eigenvalue weighted by atomic mass is 32.2. The smallest absolute Gasteiger partial charge is 0.319 e. The molecule has 1 heterocycles. The van der Waals surface area contributed by atoms with Gasteiger partial charge in [0.05, 0.1) is 11.0 Å². The van der Waals surface area contributed by atoms with Crippen molar-refractivity contribution >= 4 is 21.6 Å².